The van der Waals surface area contributed by atoms with Crippen molar-refractivity contribution in [2.75, 3.05) is 0 Å². The third-order valence-electron chi connectivity index (χ3n) is 6.60. The van der Waals surface area contributed by atoms with Gasteiger partial charge in [-0.1, -0.05) is 63.8 Å². The molecular formula is C26H35N3. The normalized spacial score (nSPS) is 21.6. The van der Waals surface area contributed by atoms with Crippen LogP contribution in [0.4, 0.5) is 0 Å². The Labute approximate surface area is 176 Å². The zero-order valence-corrected chi connectivity index (χ0v) is 18.2. The summed E-state index contributed by atoms with van der Waals surface area (Å²) >= 11 is 0. The van der Waals surface area contributed by atoms with Gasteiger partial charge in [0.2, 0.25) is 0 Å². The molecule has 0 atom stereocenters. The van der Waals surface area contributed by atoms with E-state index in [0.717, 1.165) is 49.9 Å². The number of hydrogen-bond acceptors (Lipinski definition) is 3. The van der Waals surface area contributed by atoms with Gasteiger partial charge in [-0.05, 0) is 62.0 Å². The van der Waals surface area contributed by atoms with Crippen LogP contribution in [-0.4, -0.2) is 9.97 Å². The number of benzene rings is 1. The van der Waals surface area contributed by atoms with E-state index in [1.807, 2.05) is 12.4 Å². The van der Waals surface area contributed by atoms with Gasteiger partial charge in [-0.3, -0.25) is 0 Å². The fraction of sp³-hybridized carbons (Fsp3) is 0.577. The lowest BCUT2D eigenvalue weighted by molar-refractivity contribution is 0.224. The van der Waals surface area contributed by atoms with Crippen LogP contribution in [0.3, 0.4) is 0 Å². The molecule has 1 aliphatic carbocycles. The highest BCUT2D eigenvalue weighted by Crippen LogP contribution is 2.45. The smallest absolute Gasteiger partial charge is 0.159 e. The van der Waals surface area contributed by atoms with E-state index in [9.17, 15) is 5.26 Å². The molecule has 1 heterocycles. The van der Waals surface area contributed by atoms with Gasteiger partial charge >= 0.3 is 0 Å². The summed E-state index contributed by atoms with van der Waals surface area (Å²) in [6.07, 6.45) is 16.5. The summed E-state index contributed by atoms with van der Waals surface area (Å²) in [7, 11) is 0. The predicted molar refractivity (Wildman–Crippen MR) is 119 cm³/mol. The Morgan fingerprint density at radius 1 is 0.966 bits per heavy atom. The first kappa shape index (κ1) is 21.5. The van der Waals surface area contributed by atoms with E-state index in [0.29, 0.717) is 5.92 Å². The first-order chi connectivity index (χ1) is 14.2. The topological polar surface area (TPSA) is 49.6 Å². The fourth-order valence-electron chi connectivity index (χ4n) is 4.55. The number of aryl methyl sites for hydroxylation is 1. The van der Waals surface area contributed by atoms with Crippen molar-refractivity contribution in [3.8, 4) is 17.5 Å². The largest absolute Gasteiger partial charge is 0.236 e. The Hall–Kier alpha value is -2.21. The minimum Gasteiger partial charge on any atom is -0.236 e. The van der Waals surface area contributed by atoms with Crippen molar-refractivity contribution < 1.29 is 0 Å². The minimum absolute atomic E-state index is 0.0703. The first-order valence-corrected chi connectivity index (χ1v) is 11.5. The number of hydrogen-bond donors (Lipinski definition) is 0. The van der Waals surface area contributed by atoms with Gasteiger partial charge in [0.1, 0.15) is 0 Å². The molecule has 0 spiro atoms. The van der Waals surface area contributed by atoms with Crippen LogP contribution >= 0.6 is 0 Å². The average molecular weight is 390 g/mol. The number of nitriles is 1. The average Bonchev–Trinajstić information content (AvgIpc) is 2.79. The van der Waals surface area contributed by atoms with Crippen molar-refractivity contribution in [1.82, 2.24) is 9.97 Å². The highest BCUT2D eigenvalue weighted by Gasteiger charge is 2.35. The van der Waals surface area contributed by atoms with Crippen LogP contribution in [0.15, 0.2) is 36.7 Å². The van der Waals surface area contributed by atoms with E-state index in [1.54, 1.807) is 0 Å². The van der Waals surface area contributed by atoms with E-state index >= 15 is 0 Å². The Balaban J connectivity index is 1.59. The van der Waals surface area contributed by atoms with Crippen molar-refractivity contribution in [3.05, 3.63) is 47.8 Å². The number of unbranched alkanes of at least 4 members (excludes halogenated alkanes) is 3. The van der Waals surface area contributed by atoms with Gasteiger partial charge in [-0.2, -0.15) is 5.26 Å². The molecule has 0 unspecified atom stereocenters. The third-order valence-corrected chi connectivity index (χ3v) is 6.60. The fourth-order valence-corrected chi connectivity index (χ4v) is 4.55. The lowest BCUT2D eigenvalue weighted by Crippen LogP contribution is -2.25. The highest BCUT2D eigenvalue weighted by molar-refractivity contribution is 5.55. The summed E-state index contributed by atoms with van der Waals surface area (Å²) in [5.74, 6) is 1.39. The standard InChI is InChI=1S/C26H35N3/c1-3-5-7-8-21-18-28-25(29-19-21)24-11-9-22(10-12-24)23-13-16-26(20-27,17-14-23)15-6-4-2/h9-12,18-19,23H,3-8,13-17H2,1-2H3. The summed E-state index contributed by atoms with van der Waals surface area (Å²) in [5.41, 5.74) is 3.63. The van der Waals surface area contributed by atoms with Gasteiger partial charge in [-0.25, -0.2) is 9.97 Å². The number of rotatable bonds is 9. The number of nitrogens with zero attached hydrogens (tertiary/aromatic N) is 3. The quantitative estimate of drug-likeness (QED) is 0.425. The van der Waals surface area contributed by atoms with Gasteiger partial charge in [0.25, 0.3) is 0 Å². The van der Waals surface area contributed by atoms with E-state index in [-0.39, 0.29) is 5.41 Å². The second kappa shape index (κ2) is 10.5. The number of aromatic nitrogens is 2. The van der Waals surface area contributed by atoms with Gasteiger partial charge in [-0.15, -0.1) is 0 Å². The molecule has 1 fully saturated rings. The lowest BCUT2D eigenvalue weighted by Gasteiger charge is -2.35. The van der Waals surface area contributed by atoms with E-state index in [4.69, 9.17) is 0 Å². The van der Waals surface area contributed by atoms with Crippen LogP contribution in [-0.2, 0) is 6.42 Å². The van der Waals surface area contributed by atoms with Gasteiger partial charge in [0, 0.05) is 18.0 Å². The van der Waals surface area contributed by atoms with Gasteiger partial charge in [0.05, 0.1) is 11.5 Å². The summed E-state index contributed by atoms with van der Waals surface area (Å²) in [6, 6.07) is 11.5. The molecule has 154 valence electrons. The van der Waals surface area contributed by atoms with E-state index in [1.165, 1.54) is 43.2 Å². The molecule has 2 aromatic rings. The Morgan fingerprint density at radius 3 is 2.21 bits per heavy atom. The summed E-state index contributed by atoms with van der Waals surface area (Å²) in [5, 5.41) is 9.70. The van der Waals surface area contributed by atoms with Crippen molar-refractivity contribution in [3.63, 3.8) is 0 Å². The molecule has 1 saturated carbocycles. The molecule has 0 radical (unpaired) electrons. The molecule has 1 aromatic heterocycles. The molecule has 0 amide bonds. The summed E-state index contributed by atoms with van der Waals surface area (Å²) in [6.45, 7) is 4.44. The van der Waals surface area contributed by atoms with Crippen LogP contribution in [0.2, 0.25) is 0 Å². The van der Waals surface area contributed by atoms with E-state index < -0.39 is 0 Å². The second-order valence-corrected chi connectivity index (χ2v) is 8.76. The Bertz CT molecular complexity index is 778. The lowest BCUT2D eigenvalue weighted by atomic mass is 9.67. The van der Waals surface area contributed by atoms with Crippen molar-refractivity contribution >= 4 is 0 Å². The van der Waals surface area contributed by atoms with Crippen LogP contribution in [0, 0.1) is 16.7 Å². The van der Waals surface area contributed by atoms with Crippen molar-refractivity contribution in [2.24, 2.45) is 5.41 Å². The molecule has 1 aliphatic rings. The highest BCUT2D eigenvalue weighted by atomic mass is 14.9. The van der Waals surface area contributed by atoms with Crippen molar-refractivity contribution in [2.45, 2.75) is 90.4 Å². The monoisotopic (exact) mass is 389 g/mol. The predicted octanol–water partition coefficient (Wildman–Crippen LogP) is 7.23. The molecule has 1 aromatic carbocycles. The molecule has 3 heteroatoms. The zero-order chi connectivity index (χ0) is 20.5. The zero-order valence-electron chi connectivity index (χ0n) is 18.2. The second-order valence-electron chi connectivity index (χ2n) is 8.76. The van der Waals surface area contributed by atoms with Crippen molar-refractivity contribution in [1.29, 1.82) is 5.26 Å². The molecule has 3 nitrogen and oxygen atoms in total. The van der Waals surface area contributed by atoms with Crippen LogP contribution in [0.1, 0.15) is 95.1 Å². The molecule has 0 N–H and O–H groups in total. The minimum atomic E-state index is -0.0703. The SMILES string of the molecule is CCCCCc1cnc(-c2ccc(C3CCC(C#N)(CCCC)CC3)cc2)nc1. The maximum absolute atomic E-state index is 9.70. The molecule has 0 bridgehead atoms. The van der Waals surface area contributed by atoms with Gasteiger partial charge < -0.3 is 0 Å². The molecule has 3 rings (SSSR count). The maximum Gasteiger partial charge on any atom is 0.159 e. The molecule has 0 saturated heterocycles. The third kappa shape index (κ3) is 5.66. The first-order valence-electron chi connectivity index (χ1n) is 11.5. The van der Waals surface area contributed by atoms with E-state index in [2.05, 4.69) is 54.2 Å². The van der Waals surface area contributed by atoms with Crippen LogP contribution in [0.25, 0.3) is 11.4 Å². The Kier molecular flexibility index (Phi) is 7.81. The Morgan fingerprint density at radius 2 is 1.62 bits per heavy atom. The van der Waals surface area contributed by atoms with Gasteiger partial charge in [0.15, 0.2) is 5.82 Å². The molecule has 0 aliphatic heterocycles. The molecule has 29 heavy (non-hydrogen) atoms. The maximum atomic E-state index is 9.70. The van der Waals surface area contributed by atoms with Crippen LogP contribution in [0.5, 0.6) is 0 Å². The summed E-state index contributed by atoms with van der Waals surface area (Å²) in [4.78, 5) is 9.16. The van der Waals surface area contributed by atoms with Crippen LogP contribution < -0.4 is 0 Å². The molecular weight excluding hydrogens is 354 g/mol. The summed E-state index contributed by atoms with van der Waals surface area (Å²) < 4.78 is 0.